The number of carbonyl (C=O) groups excluding carboxylic acids is 1. The van der Waals surface area contributed by atoms with Crippen LogP contribution in [-0.4, -0.2) is 14.9 Å². The van der Waals surface area contributed by atoms with Crippen molar-refractivity contribution in [3.8, 4) is 0 Å². The molecule has 0 bridgehead atoms. The molecular formula is C26H21FN2O. The SMILES string of the molecule is Cn1cc(C(C(=O)c2ccc(F)cc2)c2cn(C)c3ccccc23)c2ccccc21. The van der Waals surface area contributed by atoms with Gasteiger partial charge in [0.05, 0.1) is 5.92 Å². The number of rotatable bonds is 4. The van der Waals surface area contributed by atoms with Crippen molar-refractivity contribution in [2.45, 2.75) is 5.92 Å². The maximum atomic E-state index is 13.8. The lowest BCUT2D eigenvalue weighted by molar-refractivity contribution is 0.0974. The standard InChI is InChI=1S/C26H21FN2O/c1-28-15-21(19-7-3-5-9-23(19)28)25(26(30)17-11-13-18(27)14-12-17)22-16-29(2)24-10-6-4-8-20(22)24/h3-16,25H,1-2H3. The zero-order chi connectivity index (χ0) is 20.8. The van der Waals surface area contributed by atoms with Crippen LogP contribution in [0.3, 0.4) is 0 Å². The van der Waals surface area contributed by atoms with Gasteiger partial charge in [-0.25, -0.2) is 4.39 Å². The molecule has 0 amide bonds. The van der Waals surface area contributed by atoms with Crippen LogP contribution in [0.2, 0.25) is 0 Å². The molecule has 0 unspecified atom stereocenters. The number of aromatic nitrogens is 2. The summed E-state index contributed by atoms with van der Waals surface area (Å²) in [6.45, 7) is 0. The van der Waals surface area contributed by atoms with Gasteiger partial charge in [0.15, 0.2) is 5.78 Å². The summed E-state index contributed by atoms with van der Waals surface area (Å²) in [5, 5.41) is 2.10. The maximum absolute atomic E-state index is 13.8. The lowest BCUT2D eigenvalue weighted by Gasteiger charge is -2.16. The van der Waals surface area contributed by atoms with E-state index in [0.717, 1.165) is 32.9 Å². The van der Waals surface area contributed by atoms with Gasteiger partial charge in [0.25, 0.3) is 0 Å². The molecule has 5 aromatic rings. The van der Waals surface area contributed by atoms with Crippen molar-refractivity contribution in [1.29, 1.82) is 0 Å². The topological polar surface area (TPSA) is 26.9 Å². The molecule has 0 spiro atoms. The van der Waals surface area contributed by atoms with Gasteiger partial charge in [-0.05, 0) is 47.5 Å². The van der Waals surface area contributed by atoms with Crippen molar-refractivity contribution in [3.63, 3.8) is 0 Å². The van der Waals surface area contributed by atoms with E-state index in [1.807, 2.05) is 50.8 Å². The van der Waals surface area contributed by atoms with Crippen LogP contribution >= 0.6 is 0 Å². The van der Waals surface area contributed by atoms with Gasteiger partial charge < -0.3 is 9.13 Å². The molecule has 0 saturated heterocycles. The van der Waals surface area contributed by atoms with Crippen molar-refractivity contribution >= 4 is 27.6 Å². The molecule has 0 fully saturated rings. The molecule has 3 aromatic carbocycles. The predicted octanol–water partition coefficient (Wildman–Crippen LogP) is 5.82. The molecule has 0 aliphatic carbocycles. The number of ketones is 1. The Morgan fingerprint density at radius 2 is 1.20 bits per heavy atom. The van der Waals surface area contributed by atoms with Crippen LogP contribution in [0.4, 0.5) is 4.39 Å². The second-order valence-electron chi connectivity index (χ2n) is 7.73. The summed E-state index contributed by atoms with van der Waals surface area (Å²) in [7, 11) is 3.99. The summed E-state index contributed by atoms with van der Waals surface area (Å²) in [5.74, 6) is -0.881. The van der Waals surface area contributed by atoms with Gasteiger partial charge in [0, 0.05) is 53.9 Å². The van der Waals surface area contributed by atoms with E-state index in [9.17, 15) is 9.18 Å². The normalized spacial score (nSPS) is 11.6. The number of benzene rings is 3. The number of halogens is 1. The van der Waals surface area contributed by atoms with Gasteiger partial charge in [-0.2, -0.15) is 0 Å². The average molecular weight is 396 g/mol. The summed E-state index contributed by atoms with van der Waals surface area (Å²) >= 11 is 0. The molecule has 0 aliphatic heterocycles. The van der Waals surface area contributed by atoms with E-state index >= 15 is 0 Å². The fourth-order valence-corrected chi connectivity index (χ4v) is 4.44. The smallest absolute Gasteiger partial charge is 0.174 e. The summed E-state index contributed by atoms with van der Waals surface area (Å²) in [5.41, 5.74) is 4.56. The van der Waals surface area contributed by atoms with E-state index in [1.54, 1.807) is 12.1 Å². The van der Waals surface area contributed by atoms with Crippen LogP contribution in [0.1, 0.15) is 27.4 Å². The van der Waals surface area contributed by atoms with Gasteiger partial charge >= 0.3 is 0 Å². The van der Waals surface area contributed by atoms with Crippen LogP contribution in [-0.2, 0) is 14.1 Å². The zero-order valence-corrected chi connectivity index (χ0v) is 16.8. The minimum Gasteiger partial charge on any atom is -0.350 e. The highest BCUT2D eigenvalue weighted by Gasteiger charge is 2.29. The van der Waals surface area contributed by atoms with E-state index in [-0.39, 0.29) is 11.6 Å². The predicted molar refractivity (Wildman–Crippen MR) is 118 cm³/mol. The minimum atomic E-state index is -0.493. The van der Waals surface area contributed by atoms with E-state index in [1.165, 1.54) is 12.1 Å². The molecule has 4 heteroatoms. The Morgan fingerprint density at radius 3 is 1.70 bits per heavy atom. The number of para-hydroxylation sites is 2. The van der Waals surface area contributed by atoms with E-state index < -0.39 is 5.92 Å². The Morgan fingerprint density at radius 1 is 0.733 bits per heavy atom. The van der Waals surface area contributed by atoms with Crippen LogP contribution in [0.5, 0.6) is 0 Å². The molecule has 2 heterocycles. The van der Waals surface area contributed by atoms with Gasteiger partial charge in [0.2, 0.25) is 0 Å². The van der Waals surface area contributed by atoms with E-state index in [2.05, 4.69) is 33.4 Å². The fourth-order valence-electron chi connectivity index (χ4n) is 4.44. The Hall–Kier alpha value is -3.66. The number of Topliss-reactive ketones (excluding diaryl/α,β-unsaturated/α-hetero) is 1. The summed E-state index contributed by atoms with van der Waals surface area (Å²) < 4.78 is 17.6. The molecule has 0 atom stereocenters. The second kappa shape index (κ2) is 6.99. The number of nitrogens with zero attached hydrogens (tertiary/aromatic N) is 2. The first-order chi connectivity index (χ1) is 14.5. The number of carbonyl (C=O) groups is 1. The number of fused-ring (bicyclic) bond motifs is 2. The first kappa shape index (κ1) is 18.4. The molecule has 0 aliphatic rings. The molecule has 30 heavy (non-hydrogen) atoms. The first-order valence-electron chi connectivity index (χ1n) is 9.92. The molecule has 2 aromatic heterocycles. The van der Waals surface area contributed by atoms with Gasteiger partial charge in [-0.3, -0.25) is 4.79 Å². The largest absolute Gasteiger partial charge is 0.350 e. The Balaban J connectivity index is 1.79. The highest BCUT2D eigenvalue weighted by Crippen LogP contribution is 2.38. The molecule has 3 nitrogen and oxygen atoms in total. The molecule has 148 valence electrons. The Bertz CT molecular complexity index is 1310. The van der Waals surface area contributed by atoms with Crippen molar-refractivity contribution in [3.05, 3.63) is 108 Å². The molecule has 5 rings (SSSR count). The molecule has 0 radical (unpaired) electrons. The number of hydrogen-bond acceptors (Lipinski definition) is 1. The maximum Gasteiger partial charge on any atom is 0.174 e. The Labute approximate surface area is 174 Å². The summed E-state index contributed by atoms with van der Waals surface area (Å²) in [6.07, 6.45) is 4.08. The number of hydrogen-bond donors (Lipinski definition) is 0. The van der Waals surface area contributed by atoms with Crippen molar-refractivity contribution < 1.29 is 9.18 Å². The molecule has 0 saturated carbocycles. The monoisotopic (exact) mass is 396 g/mol. The lowest BCUT2D eigenvalue weighted by atomic mass is 9.84. The highest BCUT2D eigenvalue weighted by molar-refractivity contribution is 6.07. The van der Waals surface area contributed by atoms with Gasteiger partial charge in [0.1, 0.15) is 5.82 Å². The van der Waals surface area contributed by atoms with Gasteiger partial charge in [-0.1, -0.05) is 36.4 Å². The highest BCUT2D eigenvalue weighted by atomic mass is 19.1. The van der Waals surface area contributed by atoms with Crippen LogP contribution in [0.15, 0.2) is 85.2 Å². The van der Waals surface area contributed by atoms with E-state index in [0.29, 0.717) is 5.56 Å². The van der Waals surface area contributed by atoms with Crippen molar-refractivity contribution in [2.24, 2.45) is 14.1 Å². The fraction of sp³-hybridized carbons (Fsp3) is 0.115. The third-order valence-corrected chi connectivity index (χ3v) is 5.87. The quantitative estimate of drug-likeness (QED) is 0.352. The van der Waals surface area contributed by atoms with Crippen molar-refractivity contribution in [1.82, 2.24) is 9.13 Å². The minimum absolute atomic E-state index is 0.0392. The van der Waals surface area contributed by atoms with Crippen molar-refractivity contribution in [2.75, 3.05) is 0 Å². The van der Waals surface area contributed by atoms with E-state index in [4.69, 9.17) is 0 Å². The Kier molecular flexibility index (Phi) is 4.28. The molecular weight excluding hydrogens is 375 g/mol. The van der Waals surface area contributed by atoms with Crippen LogP contribution < -0.4 is 0 Å². The lowest BCUT2D eigenvalue weighted by Crippen LogP contribution is -2.14. The molecule has 0 N–H and O–H groups in total. The summed E-state index contributed by atoms with van der Waals surface area (Å²) in [4.78, 5) is 13.8. The third kappa shape index (κ3) is 2.84. The zero-order valence-electron chi connectivity index (χ0n) is 16.8. The summed E-state index contributed by atoms with van der Waals surface area (Å²) in [6, 6.07) is 22.0. The number of aryl methyl sites for hydroxylation is 2. The average Bonchev–Trinajstić information content (AvgIpc) is 3.27. The van der Waals surface area contributed by atoms with Crippen LogP contribution in [0.25, 0.3) is 21.8 Å². The van der Waals surface area contributed by atoms with Crippen LogP contribution in [0, 0.1) is 5.82 Å². The first-order valence-corrected chi connectivity index (χ1v) is 9.92. The third-order valence-electron chi connectivity index (χ3n) is 5.87. The van der Waals surface area contributed by atoms with Gasteiger partial charge in [-0.15, -0.1) is 0 Å². The second-order valence-corrected chi connectivity index (χ2v) is 7.73.